The summed E-state index contributed by atoms with van der Waals surface area (Å²) in [5.74, 6) is 7.55. The molecule has 1 aromatic heterocycles. The Morgan fingerprint density at radius 1 is 1.39 bits per heavy atom. The molecule has 0 unspecified atom stereocenters. The summed E-state index contributed by atoms with van der Waals surface area (Å²) in [4.78, 5) is 4.09. The van der Waals surface area contributed by atoms with Crippen LogP contribution >= 0.6 is 11.6 Å². The highest BCUT2D eigenvalue weighted by Gasteiger charge is 2.04. The van der Waals surface area contributed by atoms with Gasteiger partial charge in [0, 0.05) is 7.05 Å². The maximum atomic E-state index is 5.69. The van der Waals surface area contributed by atoms with Crippen molar-refractivity contribution in [1.82, 2.24) is 14.8 Å². The molecule has 1 aromatic carbocycles. The van der Waals surface area contributed by atoms with Crippen molar-refractivity contribution in [3.05, 3.63) is 42.0 Å². The van der Waals surface area contributed by atoms with E-state index in [9.17, 15) is 0 Å². The summed E-state index contributed by atoms with van der Waals surface area (Å²) in [5.41, 5.74) is 0.820. The van der Waals surface area contributed by atoms with Gasteiger partial charge in [0.15, 0.2) is 5.82 Å². The van der Waals surface area contributed by atoms with Crippen LogP contribution in [-0.2, 0) is 13.7 Å². The molecule has 0 saturated heterocycles. The van der Waals surface area contributed by atoms with Crippen LogP contribution in [0.25, 0.3) is 0 Å². The van der Waals surface area contributed by atoms with E-state index in [1.54, 1.807) is 4.68 Å². The minimum Gasteiger partial charge on any atom is -0.484 e. The zero-order valence-corrected chi connectivity index (χ0v) is 10.7. The molecule has 0 aliphatic rings. The van der Waals surface area contributed by atoms with E-state index in [1.807, 2.05) is 31.3 Å². The zero-order valence-electron chi connectivity index (χ0n) is 9.93. The topological polar surface area (TPSA) is 39.9 Å². The highest BCUT2D eigenvalue weighted by Crippen LogP contribution is 2.17. The quantitative estimate of drug-likeness (QED) is 0.627. The summed E-state index contributed by atoms with van der Waals surface area (Å²) in [6.07, 6.45) is 1.50. The van der Waals surface area contributed by atoms with Gasteiger partial charge in [-0.15, -0.1) is 11.6 Å². The van der Waals surface area contributed by atoms with Crippen LogP contribution < -0.4 is 4.74 Å². The first kappa shape index (κ1) is 12.5. The Morgan fingerprint density at radius 3 is 2.94 bits per heavy atom. The summed E-state index contributed by atoms with van der Waals surface area (Å²) < 4.78 is 7.36. The molecule has 2 aromatic rings. The molecule has 0 bridgehead atoms. The average Bonchev–Trinajstić information content (AvgIpc) is 2.80. The van der Waals surface area contributed by atoms with Crippen molar-refractivity contribution in [2.45, 2.75) is 6.61 Å². The van der Waals surface area contributed by atoms with Crippen LogP contribution in [0.5, 0.6) is 5.75 Å². The van der Waals surface area contributed by atoms with Crippen molar-refractivity contribution in [3.8, 4) is 17.6 Å². The first-order chi connectivity index (χ1) is 8.81. The normalized spacial score (nSPS) is 9.67. The summed E-state index contributed by atoms with van der Waals surface area (Å²) in [6, 6.07) is 7.57. The number of hydrogen-bond donors (Lipinski definition) is 0. The fraction of sp³-hybridized carbons (Fsp3) is 0.231. The third kappa shape index (κ3) is 3.02. The third-order valence-electron chi connectivity index (χ3n) is 2.34. The molecular weight excluding hydrogens is 250 g/mol. The predicted molar refractivity (Wildman–Crippen MR) is 69.4 cm³/mol. The maximum absolute atomic E-state index is 5.69. The van der Waals surface area contributed by atoms with E-state index in [4.69, 9.17) is 16.3 Å². The largest absolute Gasteiger partial charge is 0.484 e. The minimum atomic E-state index is 0.303. The second kappa shape index (κ2) is 6.08. The molecule has 2 rings (SSSR count). The van der Waals surface area contributed by atoms with E-state index < -0.39 is 0 Å². The molecule has 0 aliphatic carbocycles. The van der Waals surface area contributed by atoms with Gasteiger partial charge in [0.25, 0.3) is 0 Å². The molecule has 5 heteroatoms. The van der Waals surface area contributed by atoms with Gasteiger partial charge < -0.3 is 4.74 Å². The van der Waals surface area contributed by atoms with Crippen molar-refractivity contribution >= 4 is 11.6 Å². The second-order valence-electron chi connectivity index (χ2n) is 3.52. The molecule has 18 heavy (non-hydrogen) atoms. The molecule has 0 fully saturated rings. The zero-order chi connectivity index (χ0) is 12.8. The molecule has 92 valence electrons. The molecule has 1 heterocycles. The standard InChI is InChI=1S/C13H12ClN3O/c1-17-13(15-10-16-17)9-18-12-7-3-2-5-11(12)6-4-8-14/h2-3,5,7,10H,8-9H2,1H3. The number of aryl methyl sites for hydroxylation is 1. The number of ether oxygens (including phenoxy) is 1. The third-order valence-corrected chi connectivity index (χ3v) is 2.47. The number of nitrogens with zero attached hydrogens (tertiary/aromatic N) is 3. The Bertz CT molecular complexity index is 583. The Labute approximate surface area is 111 Å². The Hall–Kier alpha value is -1.99. The minimum absolute atomic E-state index is 0.303. The lowest BCUT2D eigenvalue weighted by Gasteiger charge is -2.07. The molecule has 0 spiro atoms. The van der Waals surface area contributed by atoms with E-state index >= 15 is 0 Å². The van der Waals surface area contributed by atoms with Crippen molar-refractivity contribution in [2.75, 3.05) is 5.88 Å². The molecule has 0 atom stereocenters. The van der Waals surface area contributed by atoms with Gasteiger partial charge in [-0.2, -0.15) is 5.10 Å². The Morgan fingerprint density at radius 2 is 2.22 bits per heavy atom. The molecule has 0 radical (unpaired) electrons. The van der Waals surface area contributed by atoms with Crippen LogP contribution in [0.4, 0.5) is 0 Å². The molecule has 4 nitrogen and oxygen atoms in total. The summed E-state index contributed by atoms with van der Waals surface area (Å²) in [6.45, 7) is 0.357. The lowest BCUT2D eigenvalue weighted by Crippen LogP contribution is -2.05. The van der Waals surface area contributed by atoms with Gasteiger partial charge in [-0.1, -0.05) is 24.0 Å². The highest BCUT2D eigenvalue weighted by molar-refractivity contribution is 6.19. The van der Waals surface area contributed by atoms with E-state index in [0.717, 1.165) is 17.1 Å². The SMILES string of the molecule is Cn1ncnc1COc1ccccc1C#CCCl. The van der Waals surface area contributed by atoms with E-state index in [2.05, 4.69) is 21.9 Å². The van der Waals surface area contributed by atoms with Gasteiger partial charge in [0.05, 0.1) is 11.4 Å². The average molecular weight is 262 g/mol. The van der Waals surface area contributed by atoms with E-state index in [1.165, 1.54) is 6.33 Å². The van der Waals surface area contributed by atoms with E-state index in [-0.39, 0.29) is 0 Å². The first-order valence-electron chi connectivity index (χ1n) is 5.41. The summed E-state index contributed by atoms with van der Waals surface area (Å²) in [7, 11) is 1.82. The molecule has 0 amide bonds. The number of rotatable bonds is 3. The van der Waals surface area contributed by atoms with Gasteiger partial charge in [-0.25, -0.2) is 4.98 Å². The van der Waals surface area contributed by atoms with Gasteiger partial charge in [-0.3, -0.25) is 4.68 Å². The van der Waals surface area contributed by atoms with Gasteiger partial charge in [-0.05, 0) is 12.1 Å². The van der Waals surface area contributed by atoms with Crippen molar-refractivity contribution in [1.29, 1.82) is 0 Å². The molecule has 0 saturated carbocycles. The number of aromatic nitrogens is 3. The Kier molecular flexibility index (Phi) is 4.21. The van der Waals surface area contributed by atoms with Crippen LogP contribution in [-0.4, -0.2) is 20.6 Å². The number of para-hydroxylation sites is 1. The highest BCUT2D eigenvalue weighted by atomic mass is 35.5. The smallest absolute Gasteiger partial charge is 0.164 e. The number of hydrogen-bond acceptors (Lipinski definition) is 3. The van der Waals surface area contributed by atoms with E-state index in [0.29, 0.717) is 12.5 Å². The summed E-state index contributed by atoms with van der Waals surface area (Å²) >= 11 is 5.55. The van der Waals surface area contributed by atoms with Gasteiger partial charge >= 0.3 is 0 Å². The van der Waals surface area contributed by atoms with Crippen LogP contribution in [0.1, 0.15) is 11.4 Å². The van der Waals surface area contributed by atoms with Gasteiger partial charge in [0.1, 0.15) is 18.7 Å². The fourth-order valence-corrected chi connectivity index (χ4v) is 1.48. The molecular formula is C13H12ClN3O. The van der Waals surface area contributed by atoms with Crippen molar-refractivity contribution in [3.63, 3.8) is 0 Å². The second-order valence-corrected chi connectivity index (χ2v) is 3.79. The van der Waals surface area contributed by atoms with Crippen molar-refractivity contribution in [2.24, 2.45) is 7.05 Å². The van der Waals surface area contributed by atoms with Crippen LogP contribution in [0.3, 0.4) is 0 Å². The van der Waals surface area contributed by atoms with Crippen molar-refractivity contribution < 1.29 is 4.74 Å². The van der Waals surface area contributed by atoms with Gasteiger partial charge in [0.2, 0.25) is 0 Å². The fourth-order valence-electron chi connectivity index (χ4n) is 1.42. The van der Waals surface area contributed by atoms with Crippen LogP contribution in [0.2, 0.25) is 0 Å². The lowest BCUT2D eigenvalue weighted by atomic mass is 10.2. The monoisotopic (exact) mass is 261 g/mol. The molecule has 0 aliphatic heterocycles. The Balaban J connectivity index is 2.12. The summed E-state index contributed by atoms with van der Waals surface area (Å²) in [5, 5.41) is 3.98. The first-order valence-corrected chi connectivity index (χ1v) is 5.94. The van der Waals surface area contributed by atoms with Crippen LogP contribution in [0, 0.1) is 11.8 Å². The molecule has 0 N–H and O–H groups in total. The van der Waals surface area contributed by atoms with Crippen LogP contribution in [0.15, 0.2) is 30.6 Å². The lowest BCUT2D eigenvalue weighted by molar-refractivity contribution is 0.289. The number of benzene rings is 1. The number of halogens is 1. The predicted octanol–water partition coefficient (Wildman–Crippen LogP) is 1.98. The maximum Gasteiger partial charge on any atom is 0.164 e. The number of alkyl halides is 1.